The van der Waals surface area contributed by atoms with E-state index in [4.69, 9.17) is 26.5 Å². The zero-order valence-corrected chi connectivity index (χ0v) is 12.4. The minimum atomic E-state index is -3.05. The Morgan fingerprint density at radius 2 is 2.08 bits per heavy atom. The zero-order chi connectivity index (χ0) is 24.4. The van der Waals surface area contributed by atoms with Crippen LogP contribution in [0, 0.1) is 11.7 Å². The van der Waals surface area contributed by atoms with Gasteiger partial charge in [-0.05, 0) is 48.7 Å². The summed E-state index contributed by atoms with van der Waals surface area (Å²) in [6, 6.07) is 8.36. The molecule has 1 N–H and O–H groups in total. The van der Waals surface area contributed by atoms with Gasteiger partial charge in [0.1, 0.15) is 14.3 Å². The highest BCUT2D eigenvalue weighted by Crippen LogP contribution is 2.36. The molecule has 4 nitrogen and oxygen atoms in total. The van der Waals surface area contributed by atoms with Crippen molar-refractivity contribution < 1.29 is 30.9 Å². The highest BCUT2D eigenvalue weighted by Gasteiger charge is 2.27. The molecule has 1 unspecified atom stereocenters. The van der Waals surface area contributed by atoms with E-state index in [0.29, 0.717) is 0 Å². The van der Waals surface area contributed by atoms with Crippen molar-refractivity contribution in [2.75, 3.05) is 26.3 Å². The lowest BCUT2D eigenvalue weighted by Gasteiger charge is -2.32. The Morgan fingerprint density at radius 1 is 1.25 bits per heavy atom. The summed E-state index contributed by atoms with van der Waals surface area (Å²) in [7, 11) is 0. The van der Waals surface area contributed by atoms with Gasteiger partial charge >= 0.3 is 0 Å². The molecule has 0 bridgehead atoms. The molecular formula is C19H20FNO3. The molecule has 2 aromatic carbocycles. The van der Waals surface area contributed by atoms with Crippen molar-refractivity contribution in [3.8, 4) is 17.2 Å². The SMILES string of the molecule is [2H]C1([2H])CC(c2ccc(F)cc2)[C@@]([2H])(C([2H])([2H])Oc2ccc3c(c2)OC([2H])([2H])O3)C([2H])([2H])N1. The van der Waals surface area contributed by atoms with Crippen LogP contribution < -0.4 is 19.5 Å². The number of piperidine rings is 1. The third kappa shape index (κ3) is 3.17. The molecule has 0 spiro atoms. The van der Waals surface area contributed by atoms with Crippen LogP contribution in [-0.2, 0) is 0 Å². The van der Waals surface area contributed by atoms with Crippen LogP contribution in [0.4, 0.5) is 4.39 Å². The number of hydrogen-bond donors (Lipinski definition) is 1. The molecule has 5 heteroatoms. The molecule has 2 atom stereocenters. The summed E-state index contributed by atoms with van der Waals surface area (Å²) in [5.74, 6) is -4.90. The van der Waals surface area contributed by atoms with Crippen molar-refractivity contribution in [2.24, 2.45) is 5.89 Å². The van der Waals surface area contributed by atoms with Crippen LogP contribution in [0.25, 0.3) is 0 Å². The summed E-state index contributed by atoms with van der Waals surface area (Å²) in [6.07, 6.45) is -0.480. The molecule has 126 valence electrons. The second-order valence-electron chi connectivity index (χ2n) is 5.25. The van der Waals surface area contributed by atoms with Gasteiger partial charge in [0.25, 0.3) is 0 Å². The highest BCUT2D eigenvalue weighted by molar-refractivity contribution is 5.46. The number of rotatable bonds is 4. The van der Waals surface area contributed by atoms with Crippen LogP contribution in [0.1, 0.15) is 30.2 Å². The third-order valence-electron chi connectivity index (χ3n) is 3.71. The van der Waals surface area contributed by atoms with Crippen molar-refractivity contribution in [3.05, 3.63) is 53.8 Å². The smallest absolute Gasteiger partial charge is 0.231 e. The fourth-order valence-corrected chi connectivity index (χ4v) is 2.47. The zero-order valence-electron chi connectivity index (χ0n) is 21.4. The lowest BCUT2D eigenvalue weighted by Crippen LogP contribution is -2.38. The standard InChI is InChI=1S/C19H20FNO3/c20-15-3-1-13(2-4-15)17-7-8-21-10-14(17)11-22-16-5-6-18-19(9-16)24-12-23-18/h1-6,9,14,17,21H,7-8,10-12H2/t14-,17?/m1/s1/i8D2,10D2,11D2,12D2,14D. The lowest BCUT2D eigenvalue weighted by molar-refractivity contribution is 0.173. The van der Waals surface area contributed by atoms with E-state index >= 15 is 0 Å². The summed E-state index contributed by atoms with van der Waals surface area (Å²) < 4.78 is 103. The number of benzene rings is 2. The number of ether oxygens (including phenoxy) is 3. The van der Waals surface area contributed by atoms with E-state index in [0.717, 1.165) is 18.2 Å². The first-order valence-corrected chi connectivity index (χ1v) is 7.31. The van der Waals surface area contributed by atoms with Crippen LogP contribution in [0.15, 0.2) is 42.5 Å². The minimum Gasteiger partial charge on any atom is -0.493 e. The quantitative estimate of drug-likeness (QED) is 0.928. The van der Waals surface area contributed by atoms with E-state index in [1.165, 1.54) is 24.3 Å². The van der Waals surface area contributed by atoms with Gasteiger partial charge in [0.2, 0.25) is 6.75 Å². The molecule has 0 aliphatic carbocycles. The molecule has 2 aliphatic rings. The molecule has 2 aliphatic heterocycles. The van der Waals surface area contributed by atoms with Crippen molar-refractivity contribution in [1.29, 1.82) is 0 Å². The Balaban J connectivity index is 1.75. The molecule has 1 fully saturated rings. The molecule has 2 heterocycles. The Morgan fingerprint density at radius 3 is 2.96 bits per heavy atom. The predicted octanol–water partition coefficient (Wildman–Crippen LogP) is 3.33. The summed E-state index contributed by atoms with van der Waals surface area (Å²) in [4.78, 5) is 0. The van der Waals surface area contributed by atoms with Gasteiger partial charge in [-0.15, -0.1) is 0 Å². The van der Waals surface area contributed by atoms with Crippen molar-refractivity contribution >= 4 is 0 Å². The maximum atomic E-state index is 13.5. The topological polar surface area (TPSA) is 39.7 Å². The van der Waals surface area contributed by atoms with Gasteiger partial charge in [0.05, 0.1) is 9.30 Å². The van der Waals surface area contributed by atoms with Gasteiger partial charge in [-0.25, -0.2) is 4.39 Å². The van der Waals surface area contributed by atoms with Crippen LogP contribution in [-0.4, -0.2) is 26.3 Å². The van der Waals surface area contributed by atoms with Gasteiger partial charge in [-0.1, -0.05) is 12.1 Å². The molecule has 4 rings (SSSR count). The van der Waals surface area contributed by atoms with E-state index in [-0.39, 0.29) is 22.8 Å². The maximum Gasteiger partial charge on any atom is 0.231 e. The molecule has 0 amide bonds. The highest BCUT2D eigenvalue weighted by atomic mass is 19.1. The fraction of sp³-hybridized carbons (Fsp3) is 0.368. The van der Waals surface area contributed by atoms with Gasteiger partial charge < -0.3 is 19.5 Å². The molecule has 1 saturated heterocycles. The van der Waals surface area contributed by atoms with E-state index in [1.54, 1.807) is 0 Å². The second kappa shape index (κ2) is 6.69. The first kappa shape index (κ1) is 8.21. The fourth-order valence-electron chi connectivity index (χ4n) is 2.47. The van der Waals surface area contributed by atoms with Gasteiger partial charge in [-0.3, -0.25) is 0 Å². The molecule has 0 aromatic heterocycles. The maximum absolute atomic E-state index is 13.5. The number of nitrogens with one attached hydrogen (secondary N) is 1. The van der Waals surface area contributed by atoms with Gasteiger partial charge in [0, 0.05) is 25.3 Å². The van der Waals surface area contributed by atoms with Crippen molar-refractivity contribution in [3.63, 3.8) is 0 Å². The van der Waals surface area contributed by atoms with Crippen LogP contribution >= 0.6 is 0 Å². The van der Waals surface area contributed by atoms with E-state index in [9.17, 15) is 4.39 Å². The Hall–Kier alpha value is -2.27. The molecular weight excluding hydrogens is 309 g/mol. The third-order valence-corrected chi connectivity index (χ3v) is 3.71. The minimum absolute atomic E-state index is 0.0561. The largest absolute Gasteiger partial charge is 0.493 e. The monoisotopic (exact) mass is 338 g/mol. The first-order chi connectivity index (χ1) is 15.1. The molecule has 0 saturated carbocycles. The number of hydrogen-bond acceptors (Lipinski definition) is 4. The van der Waals surface area contributed by atoms with Crippen LogP contribution in [0.5, 0.6) is 17.2 Å². The summed E-state index contributed by atoms with van der Waals surface area (Å²) in [6.45, 7) is -10.7. The van der Waals surface area contributed by atoms with Crippen molar-refractivity contribution in [2.45, 2.75) is 12.3 Å². The van der Waals surface area contributed by atoms with Crippen LogP contribution in [0.3, 0.4) is 0 Å². The summed E-state index contributed by atoms with van der Waals surface area (Å²) in [5.41, 5.74) is 0.173. The predicted molar refractivity (Wildman–Crippen MR) is 88.2 cm³/mol. The second-order valence-corrected chi connectivity index (χ2v) is 5.25. The van der Waals surface area contributed by atoms with Crippen LogP contribution in [0.2, 0.25) is 0 Å². The normalized spacial score (nSPS) is 37.9. The van der Waals surface area contributed by atoms with E-state index in [1.807, 2.05) is 0 Å². The Labute approximate surface area is 153 Å². The summed E-state index contributed by atoms with van der Waals surface area (Å²) >= 11 is 0. The summed E-state index contributed by atoms with van der Waals surface area (Å²) in [5, 5.41) is 2.07. The average molecular weight is 338 g/mol. The van der Waals surface area contributed by atoms with E-state index in [2.05, 4.69) is 5.32 Å². The van der Waals surface area contributed by atoms with E-state index < -0.39 is 50.3 Å². The Kier molecular flexibility index (Phi) is 2.29. The lowest BCUT2D eigenvalue weighted by atomic mass is 9.81. The number of fused-ring (bicyclic) bond motifs is 1. The average Bonchev–Trinajstić information content (AvgIpc) is 2.97. The molecule has 0 radical (unpaired) electrons. The molecule has 2 aromatic rings. The van der Waals surface area contributed by atoms with Gasteiger partial charge in [-0.2, -0.15) is 0 Å². The number of halogens is 1. The Bertz CT molecular complexity index is 1070. The van der Waals surface area contributed by atoms with Gasteiger partial charge in [0.15, 0.2) is 11.5 Å². The first-order valence-electron chi connectivity index (χ1n) is 11.8. The van der Waals surface area contributed by atoms with Crippen molar-refractivity contribution in [1.82, 2.24) is 5.32 Å². The molecule has 24 heavy (non-hydrogen) atoms.